The van der Waals surface area contributed by atoms with Gasteiger partial charge in [0.1, 0.15) is 17.5 Å². The molecule has 32 heavy (non-hydrogen) atoms. The number of benzene rings is 1. The summed E-state index contributed by atoms with van der Waals surface area (Å²) >= 11 is 12.6. The van der Waals surface area contributed by atoms with E-state index in [2.05, 4.69) is 45.2 Å². The second-order valence-electron chi connectivity index (χ2n) is 8.47. The Balaban J connectivity index is 1.39. The zero-order valence-corrected chi connectivity index (χ0v) is 19.6. The molecule has 0 unspecified atom stereocenters. The fourth-order valence-electron chi connectivity index (χ4n) is 4.10. The molecule has 4 aromatic rings. The SMILES string of the molecule is CC(C)N1CC(n2cc(-c3n[nH]c4ccc(O[C@H](C)c5c(Cl)cncc5Cl)cc34)cn2)C1. The maximum absolute atomic E-state index is 6.29. The lowest BCUT2D eigenvalue weighted by molar-refractivity contribution is 0.0675. The van der Waals surface area contributed by atoms with Crippen LogP contribution in [0.2, 0.25) is 10.0 Å². The first-order chi connectivity index (χ1) is 15.4. The van der Waals surface area contributed by atoms with Crippen LogP contribution >= 0.6 is 23.2 Å². The van der Waals surface area contributed by atoms with Gasteiger partial charge in [0.2, 0.25) is 0 Å². The van der Waals surface area contributed by atoms with Crippen molar-refractivity contribution >= 4 is 34.1 Å². The molecular weight excluding hydrogens is 447 g/mol. The fraction of sp³-hybridized carbons (Fsp3) is 0.348. The molecule has 1 aromatic carbocycles. The second kappa shape index (κ2) is 8.39. The standard InChI is InChI=1S/C23H24Cl2N6O/c1-13(2)30-11-16(12-30)31-10-15(7-27-31)23-18-6-17(4-5-21(18)28-29-23)32-14(3)22-19(24)8-26-9-20(22)25/h4-10,13-14,16H,11-12H2,1-3H3,(H,28,29)/t14-/m1/s1. The van der Waals surface area contributed by atoms with E-state index in [0.29, 0.717) is 33.4 Å². The summed E-state index contributed by atoms with van der Waals surface area (Å²) < 4.78 is 8.22. The van der Waals surface area contributed by atoms with E-state index in [4.69, 9.17) is 27.9 Å². The molecular formula is C23H24Cl2N6O. The molecule has 0 aliphatic carbocycles. The van der Waals surface area contributed by atoms with Crippen LogP contribution in [0, 0.1) is 0 Å². The van der Waals surface area contributed by atoms with E-state index in [0.717, 1.165) is 35.2 Å². The first-order valence-corrected chi connectivity index (χ1v) is 11.4. The predicted molar refractivity (Wildman–Crippen MR) is 126 cm³/mol. The Labute approximate surface area is 196 Å². The highest BCUT2D eigenvalue weighted by atomic mass is 35.5. The van der Waals surface area contributed by atoms with Crippen molar-refractivity contribution < 1.29 is 4.74 Å². The number of rotatable bonds is 6. The van der Waals surface area contributed by atoms with E-state index >= 15 is 0 Å². The third kappa shape index (κ3) is 3.85. The normalized spacial score (nSPS) is 15.9. The van der Waals surface area contributed by atoms with Crippen LogP contribution in [-0.4, -0.2) is 49.0 Å². The molecule has 7 nitrogen and oxygen atoms in total. The number of hydrogen-bond donors (Lipinski definition) is 1. The highest BCUT2D eigenvalue weighted by Crippen LogP contribution is 2.35. The number of fused-ring (bicyclic) bond motifs is 1. The molecule has 0 radical (unpaired) electrons. The molecule has 166 valence electrons. The highest BCUT2D eigenvalue weighted by molar-refractivity contribution is 6.35. The highest BCUT2D eigenvalue weighted by Gasteiger charge is 2.30. The molecule has 1 aliphatic heterocycles. The van der Waals surface area contributed by atoms with Crippen LogP contribution < -0.4 is 4.74 Å². The minimum atomic E-state index is -0.337. The molecule has 0 saturated carbocycles. The topological polar surface area (TPSA) is 71.9 Å². The minimum Gasteiger partial charge on any atom is -0.486 e. The minimum absolute atomic E-state index is 0.337. The van der Waals surface area contributed by atoms with Crippen LogP contribution in [0.4, 0.5) is 0 Å². The van der Waals surface area contributed by atoms with Gasteiger partial charge >= 0.3 is 0 Å². The molecule has 3 aromatic heterocycles. The van der Waals surface area contributed by atoms with E-state index < -0.39 is 0 Å². The maximum Gasteiger partial charge on any atom is 0.124 e. The van der Waals surface area contributed by atoms with Crippen molar-refractivity contribution in [2.75, 3.05) is 13.1 Å². The average molecular weight is 471 g/mol. The van der Waals surface area contributed by atoms with E-state index in [9.17, 15) is 0 Å². The largest absolute Gasteiger partial charge is 0.486 e. The molecule has 1 fully saturated rings. The molecule has 5 rings (SSSR count). The number of nitrogens with one attached hydrogen (secondary N) is 1. The number of H-pyrrole nitrogens is 1. The van der Waals surface area contributed by atoms with Gasteiger partial charge in [-0.05, 0) is 39.0 Å². The van der Waals surface area contributed by atoms with Crippen molar-refractivity contribution in [3.05, 3.63) is 58.6 Å². The van der Waals surface area contributed by atoms with Crippen LogP contribution in [0.5, 0.6) is 5.75 Å². The molecule has 1 atom stereocenters. The summed E-state index contributed by atoms with van der Waals surface area (Å²) in [6.07, 6.45) is 6.75. The van der Waals surface area contributed by atoms with Crippen molar-refractivity contribution in [2.45, 2.75) is 39.0 Å². The van der Waals surface area contributed by atoms with Crippen LogP contribution in [0.25, 0.3) is 22.2 Å². The fourth-order valence-corrected chi connectivity index (χ4v) is 4.77. The molecule has 0 amide bonds. The summed E-state index contributed by atoms with van der Waals surface area (Å²) in [4.78, 5) is 6.44. The maximum atomic E-state index is 6.29. The van der Waals surface area contributed by atoms with E-state index in [1.165, 1.54) is 0 Å². The average Bonchev–Trinajstić information content (AvgIpc) is 3.33. The quantitative estimate of drug-likeness (QED) is 0.400. The number of hydrogen-bond acceptors (Lipinski definition) is 5. The van der Waals surface area contributed by atoms with Gasteiger partial charge in [-0.15, -0.1) is 0 Å². The van der Waals surface area contributed by atoms with Gasteiger partial charge in [0.05, 0.1) is 27.8 Å². The Morgan fingerprint density at radius 3 is 2.56 bits per heavy atom. The monoisotopic (exact) mass is 470 g/mol. The first-order valence-electron chi connectivity index (χ1n) is 10.6. The van der Waals surface area contributed by atoms with E-state index in [1.54, 1.807) is 12.4 Å². The molecule has 1 N–H and O–H groups in total. The Kier molecular flexibility index (Phi) is 5.57. The number of aromatic nitrogens is 5. The lowest BCUT2D eigenvalue weighted by atomic mass is 10.1. The summed E-state index contributed by atoms with van der Waals surface area (Å²) in [5.41, 5.74) is 3.48. The van der Waals surface area contributed by atoms with Crippen molar-refractivity contribution in [3.63, 3.8) is 0 Å². The number of pyridine rings is 1. The number of nitrogens with zero attached hydrogens (tertiary/aromatic N) is 5. The Bertz CT molecular complexity index is 1240. The molecule has 9 heteroatoms. The second-order valence-corrected chi connectivity index (χ2v) is 9.28. The summed E-state index contributed by atoms with van der Waals surface area (Å²) in [5.74, 6) is 0.704. The summed E-state index contributed by atoms with van der Waals surface area (Å²) in [7, 11) is 0. The van der Waals surface area contributed by atoms with Gasteiger partial charge in [0.25, 0.3) is 0 Å². The van der Waals surface area contributed by atoms with Gasteiger partial charge in [0, 0.05) is 54.2 Å². The van der Waals surface area contributed by atoms with Crippen molar-refractivity contribution in [1.29, 1.82) is 0 Å². The van der Waals surface area contributed by atoms with Crippen LogP contribution in [0.15, 0.2) is 43.0 Å². The van der Waals surface area contributed by atoms with Gasteiger partial charge in [-0.1, -0.05) is 23.2 Å². The molecule has 1 saturated heterocycles. The molecule has 4 heterocycles. The number of likely N-dealkylation sites (tertiary alicyclic amines) is 1. The third-order valence-electron chi connectivity index (χ3n) is 6.01. The Morgan fingerprint density at radius 2 is 1.84 bits per heavy atom. The van der Waals surface area contributed by atoms with E-state index in [-0.39, 0.29) is 6.10 Å². The lowest BCUT2D eigenvalue weighted by Gasteiger charge is -2.41. The van der Waals surface area contributed by atoms with Gasteiger partial charge < -0.3 is 4.74 Å². The summed E-state index contributed by atoms with van der Waals surface area (Å²) in [6.45, 7) is 8.40. The number of halogens is 2. The van der Waals surface area contributed by atoms with Crippen molar-refractivity contribution in [3.8, 4) is 17.0 Å². The third-order valence-corrected chi connectivity index (χ3v) is 6.62. The summed E-state index contributed by atoms with van der Waals surface area (Å²) in [5, 5.41) is 14.2. The Morgan fingerprint density at radius 1 is 1.09 bits per heavy atom. The van der Waals surface area contributed by atoms with Crippen molar-refractivity contribution in [1.82, 2.24) is 29.9 Å². The molecule has 0 spiro atoms. The smallest absolute Gasteiger partial charge is 0.124 e. The number of aromatic amines is 1. The number of ether oxygens (including phenoxy) is 1. The summed E-state index contributed by atoms with van der Waals surface area (Å²) in [6, 6.07) is 6.82. The predicted octanol–water partition coefficient (Wildman–Crippen LogP) is 5.53. The Hall–Kier alpha value is -2.61. The van der Waals surface area contributed by atoms with Gasteiger partial charge in [-0.3, -0.25) is 19.7 Å². The van der Waals surface area contributed by atoms with E-state index in [1.807, 2.05) is 36.0 Å². The lowest BCUT2D eigenvalue weighted by Crippen LogP contribution is -2.50. The van der Waals surface area contributed by atoms with Crippen molar-refractivity contribution in [2.24, 2.45) is 0 Å². The molecule has 0 bridgehead atoms. The van der Waals surface area contributed by atoms with Crippen LogP contribution in [-0.2, 0) is 0 Å². The van der Waals surface area contributed by atoms with Crippen LogP contribution in [0.1, 0.15) is 38.5 Å². The van der Waals surface area contributed by atoms with Gasteiger partial charge in [-0.2, -0.15) is 10.2 Å². The van der Waals surface area contributed by atoms with Gasteiger partial charge in [-0.25, -0.2) is 0 Å². The zero-order valence-electron chi connectivity index (χ0n) is 18.1. The van der Waals surface area contributed by atoms with Crippen LogP contribution in [0.3, 0.4) is 0 Å². The van der Waals surface area contributed by atoms with Gasteiger partial charge in [0.15, 0.2) is 0 Å². The zero-order chi connectivity index (χ0) is 22.4. The first kappa shape index (κ1) is 21.2. The molecule has 1 aliphatic rings.